The summed E-state index contributed by atoms with van der Waals surface area (Å²) < 4.78 is 7.66. The third-order valence-corrected chi connectivity index (χ3v) is 7.52. The fraction of sp³-hybridized carbons (Fsp3) is 0.480. The molecule has 5 rings (SSSR count). The molecule has 1 atom stereocenters. The zero-order valence-corrected chi connectivity index (χ0v) is 18.7. The lowest BCUT2D eigenvalue weighted by molar-refractivity contribution is -0.127. The van der Waals surface area contributed by atoms with Gasteiger partial charge in [-0.15, -0.1) is 0 Å². The van der Waals surface area contributed by atoms with Crippen LogP contribution in [0.1, 0.15) is 55.1 Å². The van der Waals surface area contributed by atoms with Gasteiger partial charge in [0.25, 0.3) is 0 Å². The van der Waals surface area contributed by atoms with Gasteiger partial charge in [-0.05, 0) is 42.9 Å². The molecule has 3 aliphatic rings. The molecule has 0 amide bonds. The summed E-state index contributed by atoms with van der Waals surface area (Å²) >= 11 is 0. The number of anilines is 1. The zero-order valence-electron chi connectivity index (χ0n) is 18.7. The molecule has 1 spiro atoms. The number of hydrogen-bond donors (Lipinski definition) is 1. The largest absolute Gasteiger partial charge is 0.495 e. The lowest BCUT2D eigenvalue weighted by atomic mass is 9.76. The van der Waals surface area contributed by atoms with Crippen molar-refractivity contribution in [2.75, 3.05) is 25.1 Å². The second-order valence-corrected chi connectivity index (χ2v) is 9.76. The highest BCUT2D eigenvalue weighted by Gasteiger charge is 2.51. The average molecular weight is 437 g/mol. The summed E-state index contributed by atoms with van der Waals surface area (Å²) in [5.74, 6) is 0.126. The van der Waals surface area contributed by atoms with Gasteiger partial charge in [0.15, 0.2) is 5.43 Å². The van der Waals surface area contributed by atoms with Crippen molar-refractivity contribution in [3.8, 4) is 17.0 Å². The molecule has 2 aromatic rings. The molecule has 168 valence electrons. The van der Waals surface area contributed by atoms with E-state index in [-0.39, 0.29) is 22.9 Å². The molecule has 2 aliphatic heterocycles. The Morgan fingerprint density at radius 3 is 2.56 bits per heavy atom. The lowest BCUT2D eigenvalue weighted by Crippen LogP contribution is -2.58. The van der Waals surface area contributed by atoms with Gasteiger partial charge in [0.05, 0.1) is 23.9 Å². The zero-order chi connectivity index (χ0) is 22.8. The summed E-state index contributed by atoms with van der Waals surface area (Å²) in [4.78, 5) is 38.7. The van der Waals surface area contributed by atoms with Gasteiger partial charge in [-0.1, -0.05) is 13.8 Å². The van der Waals surface area contributed by atoms with Crippen LogP contribution in [-0.2, 0) is 11.2 Å². The van der Waals surface area contributed by atoms with Gasteiger partial charge < -0.3 is 19.3 Å². The van der Waals surface area contributed by atoms with Gasteiger partial charge in [0, 0.05) is 43.4 Å². The van der Waals surface area contributed by atoms with Crippen LogP contribution in [0.2, 0.25) is 0 Å². The van der Waals surface area contributed by atoms with Crippen molar-refractivity contribution in [3.63, 3.8) is 0 Å². The second kappa shape index (κ2) is 7.22. The number of carbonyl (C=O) groups is 2. The molecular weight excluding hydrogens is 408 g/mol. The number of hydrogen-bond acceptors (Lipinski definition) is 5. The maximum atomic E-state index is 12.5. The molecule has 0 bridgehead atoms. The van der Waals surface area contributed by atoms with E-state index in [4.69, 9.17) is 4.74 Å². The first kappa shape index (κ1) is 20.8. The van der Waals surface area contributed by atoms with E-state index in [2.05, 4.69) is 24.8 Å². The lowest BCUT2D eigenvalue weighted by Gasteiger charge is -2.49. The quantitative estimate of drug-likeness (QED) is 0.789. The van der Waals surface area contributed by atoms with Crippen LogP contribution in [0.15, 0.2) is 29.2 Å². The molecule has 1 aromatic heterocycles. The number of ketones is 1. The number of carbonyl (C=O) groups excluding carboxylic acids is 1. The van der Waals surface area contributed by atoms with E-state index in [1.54, 1.807) is 7.11 Å². The Kier molecular flexibility index (Phi) is 4.69. The monoisotopic (exact) mass is 436 g/mol. The number of methoxy groups -OCH3 is 1. The maximum Gasteiger partial charge on any atom is 0.341 e. The van der Waals surface area contributed by atoms with Crippen molar-refractivity contribution >= 4 is 17.4 Å². The summed E-state index contributed by atoms with van der Waals surface area (Å²) in [5, 5.41) is 9.44. The summed E-state index contributed by atoms with van der Waals surface area (Å²) in [6.07, 6.45) is 4.85. The van der Waals surface area contributed by atoms with E-state index in [0.29, 0.717) is 18.0 Å². The van der Waals surface area contributed by atoms with Crippen LogP contribution < -0.4 is 15.1 Å². The van der Waals surface area contributed by atoms with Crippen LogP contribution in [-0.4, -0.2) is 41.6 Å². The summed E-state index contributed by atoms with van der Waals surface area (Å²) in [7, 11) is 1.63. The Balaban J connectivity index is 1.60. The van der Waals surface area contributed by atoms with Gasteiger partial charge >= 0.3 is 5.97 Å². The van der Waals surface area contributed by atoms with Crippen molar-refractivity contribution in [2.24, 2.45) is 11.3 Å². The third kappa shape index (κ3) is 2.98. The Bertz CT molecular complexity index is 1190. The number of ether oxygens (including phenoxy) is 1. The minimum Gasteiger partial charge on any atom is -0.495 e. The topological polar surface area (TPSA) is 88.8 Å². The molecule has 0 radical (unpaired) electrons. The van der Waals surface area contributed by atoms with Crippen LogP contribution in [0.4, 0.5) is 5.69 Å². The third-order valence-electron chi connectivity index (χ3n) is 7.52. The predicted molar refractivity (Wildman–Crippen MR) is 121 cm³/mol. The van der Waals surface area contributed by atoms with Crippen molar-refractivity contribution in [3.05, 3.63) is 45.7 Å². The smallest absolute Gasteiger partial charge is 0.341 e. The number of Topliss-reactive ketones (excluding diaryl/α,β-unsaturated/α-hetero) is 1. The Morgan fingerprint density at radius 2 is 1.97 bits per heavy atom. The number of carboxylic acid groups (broad SMARTS) is 1. The molecule has 1 unspecified atom stereocenters. The fourth-order valence-corrected chi connectivity index (χ4v) is 5.69. The molecule has 7 nitrogen and oxygen atoms in total. The number of nitrogens with zero attached hydrogens (tertiary/aromatic N) is 2. The first-order chi connectivity index (χ1) is 15.2. The Morgan fingerprint density at radius 1 is 1.22 bits per heavy atom. The van der Waals surface area contributed by atoms with Crippen molar-refractivity contribution in [1.29, 1.82) is 0 Å². The first-order valence-corrected chi connectivity index (χ1v) is 11.2. The van der Waals surface area contributed by atoms with Gasteiger partial charge in [-0.2, -0.15) is 0 Å². The molecule has 1 aromatic carbocycles. The standard InChI is InChI=1S/C25H28N2O5/c1-14(2)18-7-15-8-20(26-12-25(13-26)6-4-5-23(25)29)22(32-3)9-16(15)19-10-21(28)17(24(30)31)11-27(18)19/h8-11,14,18H,4-7,12-13H2,1-3H3,(H,30,31). The van der Waals surface area contributed by atoms with E-state index < -0.39 is 11.4 Å². The van der Waals surface area contributed by atoms with Crippen molar-refractivity contribution in [2.45, 2.75) is 45.6 Å². The van der Waals surface area contributed by atoms with Crippen LogP contribution in [0.25, 0.3) is 11.3 Å². The SMILES string of the molecule is COc1cc2c(cc1N1CC3(CCCC3=O)C1)CC(C(C)C)n1cc(C(=O)O)c(=O)cc1-2. The van der Waals surface area contributed by atoms with E-state index in [1.165, 1.54) is 12.3 Å². The molecule has 32 heavy (non-hydrogen) atoms. The number of fused-ring (bicyclic) bond motifs is 3. The van der Waals surface area contributed by atoms with Crippen molar-refractivity contribution in [1.82, 2.24) is 4.57 Å². The molecule has 1 aliphatic carbocycles. The second-order valence-electron chi connectivity index (χ2n) is 9.76. The van der Waals surface area contributed by atoms with Gasteiger partial charge in [0.1, 0.15) is 17.1 Å². The van der Waals surface area contributed by atoms with Gasteiger partial charge in [0.2, 0.25) is 0 Å². The Labute approximate surface area is 186 Å². The van der Waals surface area contributed by atoms with E-state index in [0.717, 1.165) is 54.9 Å². The predicted octanol–water partition coefficient (Wildman–Crippen LogP) is 3.53. The summed E-state index contributed by atoms with van der Waals surface area (Å²) in [6, 6.07) is 5.56. The van der Waals surface area contributed by atoms with Crippen LogP contribution in [0.3, 0.4) is 0 Å². The number of benzene rings is 1. The molecule has 2 fully saturated rings. The highest BCUT2D eigenvalue weighted by molar-refractivity contribution is 5.91. The van der Waals surface area contributed by atoms with Crippen LogP contribution >= 0.6 is 0 Å². The van der Waals surface area contributed by atoms with Crippen LogP contribution in [0, 0.1) is 11.3 Å². The number of aromatic nitrogens is 1. The van der Waals surface area contributed by atoms with Gasteiger partial charge in [-0.25, -0.2) is 4.79 Å². The summed E-state index contributed by atoms with van der Waals surface area (Å²) in [5.41, 5.74) is 2.82. The number of carboxylic acids is 1. The molecule has 1 N–H and O–H groups in total. The van der Waals surface area contributed by atoms with E-state index in [9.17, 15) is 19.5 Å². The molecule has 3 heterocycles. The molecule has 1 saturated heterocycles. The maximum absolute atomic E-state index is 12.5. The van der Waals surface area contributed by atoms with Crippen molar-refractivity contribution < 1.29 is 19.4 Å². The molecular formula is C25H28N2O5. The minimum absolute atomic E-state index is 0.0385. The fourth-order valence-electron chi connectivity index (χ4n) is 5.69. The highest BCUT2D eigenvalue weighted by atomic mass is 16.5. The number of rotatable bonds is 4. The average Bonchev–Trinajstić information content (AvgIpc) is 3.11. The molecule has 7 heteroatoms. The number of pyridine rings is 1. The number of aromatic carboxylic acids is 1. The first-order valence-electron chi connectivity index (χ1n) is 11.2. The normalized spacial score (nSPS) is 20.8. The van der Waals surface area contributed by atoms with E-state index >= 15 is 0 Å². The summed E-state index contributed by atoms with van der Waals surface area (Å²) in [6.45, 7) is 5.67. The molecule has 1 saturated carbocycles. The van der Waals surface area contributed by atoms with E-state index in [1.807, 2.05) is 10.6 Å². The van der Waals surface area contributed by atoms with Gasteiger partial charge in [-0.3, -0.25) is 9.59 Å². The minimum atomic E-state index is -1.21. The highest BCUT2D eigenvalue weighted by Crippen LogP contribution is 2.49. The van der Waals surface area contributed by atoms with Crippen LogP contribution in [0.5, 0.6) is 5.75 Å². The Hall–Kier alpha value is -3.09.